The summed E-state index contributed by atoms with van der Waals surface area (Å²) in [6.45, 7) is 5.16. The van der Waals surface area contributed by atoms with E-state index in [-0.39, 0.29) is 5.91 Å². The van der Waals surface area contributed by atoms with Crippen molar-refractivity contribution in [2.45, 2.75) is 20.3 Å². The van der Waals surface area contributed by atoms with Crippen LogP contribution in [0.25, 0.3) is 10.9 Å². The number of anilines is 1. The molecule has 1 aromatic carbocycles. The van der Waals surface area contributed by atoms with Crippen molar-refractivity contribution in [1.82, 2.24) is 10.3 Å². The number of hydrogen-bond donors (Lipinski definition) is 2. The maximum absolute atomic E-state index is 12.2. The number of nitrogens with zero attached hydrogens (tertiary/aromatic N) is 1. The summed E-state index contributed by atoms with van der Waals surface area (Å²) in [4.78, 5) is 17.8. The van der Waals surface area contributed by atoms with Gasteiger partial charge < -0.3 is 10.6 Å². The normalized spacial score (nSPS) is 11.0. The first-order chi connectivity index (χ1) is 12.1. The average molecular weight is 353 g/mol. The van der Waals surface area contributed by atoms with E-state index in [9.17, 15) is 4.79 Å². The quantitative estimate of drug-likeness (QED) is 0.694. The van der Waals surface area contributed by atoms with E-state index >= 15 is 0 Å². The van der Waals surface area contributed by atoms with Crippen LogP contribution in [0.15, 0.2) is 42.6 Å². The Morgan fingerprint density at radius 2 is 2.04 bits per heavy atom. The molecule has 0 radical (unpaired) electrons. The van der Waals surface area contributed by atoms with Crippen LogP contribution in [0.1, 0.15) is 34.6 Å². The summed E-state index contributed by atoms with van der Waals surface area (Å²) in [6, 6.07) is 12.2. The molecular weight excluding hydrogens is 330 g/mol. The van der Waals surface area contributed by atoms with Gasteiger partial charge in [0.1, 0.15) is 5.00 Å². The van der Waals surface area contributed by atoms with E-state index in [2.05, 4.69) is 41.6 Å². The molecule has 0 unspecified atom stereocenters. The minimum atomic E-state index is -0.0478. The van der Waals surface area contributed by atoms with Gasteiger partial charge in [0.05, 0.1) is 11.1 Å². The highest BCUT2D eigenvalue weighted by molar-refractivity contribution is 7.16. The Labute approximate surface area is 152 Å². The maximum atomic E-state index is 12.2. The van der Waals surface area contributed by atoms with Crippen molar-refractivity contribution in [3.63, 3.8) is 0 Å². The van der Waals surface area contributed by atoms with Gasteiger partial charge in [0.25, 0.3) is 5.91 Å². The number of benzene rings is 1. The molecule has 2 N–H and O–H groups in total. The second-order valence-corrected chi connectivity index (χ2v) is 7.61. The number of para-hydroxylation sites is 1. The van der Waals surface area contributed by atoms with Gasteiger partial charge in [0.15, 0.2) is 0 Å². The molecule has 1 amide bonds. The zero-order valence-electron chi connectivity index (χ0n) is 14.8. The lowest BCUT2D eigenvalue weighted by atomic mass is 10.1. The number of fused-ring (bicyclic) bond motifs is 1. The summed E-state index contributed by atoms with van der Waals surface area (Å²) in [5.74, 6) is 0.473. The molecule has 0 bridgehead atoms. The molecule has 2 heterocycles. The molecule has 0 fully saturated rings. The van der Waals surface area contributed by atoms with E-state index in [1.54, 1.807) is 18.4 Å². The van der Waals surface area contributed by atoms with E-state index in [0.717, 1.165) is 34.4 Å². The van der Waals surface area contributed by atoms with Gasteiger partial charge >= 0.3 is 0 Å². The van der Waals surface area contributed by atoms with Crippen LogP contribution >= 0.6 is 11.3 Å². The smallest absolute Gasteiger partial charge is 0.254 e. The molecule has 0 atom stereocenters. The first-order valence-electron chi connectivity index (χ1n) is 8.49. The second kappa shape index (κ2) is 7.66. The number of nitrogens with one attached hydrogen (secondary N) is 2. The van der Waals surface area contributed by atoms with Crippen LogP contribution in [-0.4, -0.2) is 24.5 Å². The molecule has 130 valence electrons. The van der Waals surface area contributed by atoms with E-state index in [1.165, 1.54) is 10.4 Å². The summed E-state index contributed by atoms with van der Waals surface area (Å²) < 4.78 is 0. The number of carbonyl (C=O) groups is 1. The fraction of sp³-hybridized carbons (Fsp3) is 0.300. The van der Waals surface area contributed by atoms with Crippen molar-refractivity contribution >= 4 is 33.1 Å². The predicted octanol–water partition coefficient (Wildman–Crippen LogP) is 4.31. The van der Waals surface area contributed by atoms with Gasteiger partial charge in [0, 0.05) is 36.5 Å². The molecule has 0 aliphatic rings. The Morgan fingerprint density at radius 3 is 2.80 bits per heavy atom. The first kappa shape index (κ1) is 17.4. The Bertz CT molecular complexity index is 880. The van der Waals surface area contributed by atoms with Crippen LogP contribution in [0.3, 0.4) is 0 Å². The lowest BCUT2D eigenvalue weighted by Gasteiger charge is -2.08. The van der Waals surface area contributed by atoms with Crippen LogP contribution in [0.5, 0.6) is 0 Å². The third-order valence-electron chi connectivity index (χ3n) is 4.03. The van der Waals surface area contributed by atoms with Gasteiger partial charge in [-0.2, -0.15) is 0 Å². The minimum Gasteiger partial charge on any atom is -0.376 e. The first-order valence-corrected chi connectivity index (χ1v) is 9.31. The van der Waals surface area contributed by atoms with Gasteiger partial charge in [-0.3, -0.25) is 9.78 Å². The van der Waals surface area contributed by atoms with Crippen molar-refractivity contribution in [2.24, 2.45) is 5.92 Å². The Kier molecular flexibility index (Phi) is 5.34. The molecule has 0 spiro atoms. The summed E-state index contributed by atoms with van der Waals surface area (Å²) in [5.41, 5.74) is 2.95. The molecule has 3 aromatic rings. The number of aromatic nitrogens is 1. The SMILES string of the molecule is CNC(=O)c1cc(Cc2ccnc3ccccc23)sc1NCC(C)C. The summed E-state index contributed by atoms with van der Waals surface area (Å²) in [6.07, 6.45) is 2.64. The number of rotatable bonds is 6. The molecule has 0 saturated carbocycles. The highest BCUT2D eigenvalue weighted by Gasteiger charge is 2.16. The van der Waals surface area contributed by atoms with Gasteiger partial charge in [0.2, 0.25) is 0 Å². The third kappa shape index (κ3) is 3.99. The van der Waals surface area contributed by atoms with Crippen molar-refractivity contribution < 1.29 is 4.79 Å². The monoisotopic (exact) mass is 353 g/mol. The molecule has 0 aliphatic carbocycles. The zero-order chi connectivity index (χ0) is 17.8. The minimum absolute atomic E-state index is 0.0478. The fourth-order valence-corrected chi connectivity index (χ4v) is 3.84. The van der Waals surface area contributed by atoms with Crippen LogP contribution in [0.4, 0.5) is 5.00 Å². The Hall–Kier alpha value is -2.40. The number of thiophene rings is 1. The maximum Gasteiger partial charge on any atom is 0.254 e. The third-order valence-corrected chi connectivity index (χ3v) is 5.12. The van der Waals surface area contributed by atoms with E-state index in [4.69, 9.17) is 0 Å². The van der Waals surface area contributed by atoms with E-state index < -0.39 is 0 Å². The van der Waals surface area contributed by atoms with Crippen molar-refractivity contribution in [2.75, 3.05) is 18.9 Å². The van der Waals surface area contributed by atoms with Crippen LogP contribution in [0, 0.1) is 5.92 Å². The topological polar surface area (TPSA) is 54.0 Å². The number of hydrogen-bond acceptors (Lipinski definition) is 4. The molecular formula is C20H23N3OS. The molecule has 25 heavy (non-hydrogen) atoms. The molecule has 0 saturated heterocycles. The van der Waals surface area contributed by atoms with Gasteiger partial charge in [-0.05, 0) is 29.7 Å². The van der Waals surface area contributed by atoms with Gasteiger partial charge in [-0.1, -0.05) is 32.0 Å². The molecule has 0 aliphatic heterocycles. The lowest BCUT2D eigenvalue weighted by molar-refractivity contribution is 0.0964. The van der Waals surface area contributed by atoms with Gasteiger partial charge in [-0.25, -0.2) is 0 Å². The number of amides is 1. The highest BCUT2D eigenvalue weighted by atomic mass is 32.1. The fourth-order valence-electron chi connectivity index (χ4n) is 2.76. The van der Waals surface area contributed by atoms with Crippen molar-refractivity contribution in [3.05, 3.63) is 58.6 Å². The van der Waals surface area contributed by atoms with Gasteiger partial charge in [-0.15, -0.1) is 11.3 Å². The molecule has 5 heteroatoms. The van der Waals surface area contributed by atoms with Crippen molar-refractivity contribution in [1.29, 1.82) is 0 Å². The lowest BCUT2D eigenvalue weighted by Crippen LogP contribution is -2.19. The summed E-state index contributed by atoms with van der Waals surface area (Å²) >= 11 is 1.66. The Balaban J connectivity index is 1.92. The number of carbonyl (C=O) groups excluding carboxylic acids is 1. The van der Waals surface area contributed by atoms with Crippen LogP contribution in [-0.2, 0) is 6.42 Å². The zero-order valence-corrected chi connectivity index (χ0v) is 15.6. The Morgan fingerprint density at radius 1 is 1.24 bits per heavy atom. The standard InChI is InChI=1S/C20H23N3OS/c1-13(2)12-23-20-17(19(24)21-3)11-15(25-20)10-14-8-9-22-18-7-5-4-6-16(14)18/h4-9,11,13,23H,10,12H2,1-3H3,(H,21,24). The molecule has 3 rings (SSSR count). The summed E-state index contributed by atoms with van der Waals surface area (Å²) in [5, 5.41) is 8.26. The summed E-state index contributed by atoms with van der Waals surface area (Å²) in [7, 11) is 1.67. The van der Waals surface area contributed by atoms with Crippen LogP contribution in [0.2, 0.25) is 0 Å². The highest BCUT2D eigenvalue weighted by Crippen LogP contribution is 2.31. The second-order valence-electron chi connectivity index (χ2n) is 6.47. The molecule has 2 aromatic heterocycles. The van der Waals surface area contributed by atoms with Crippen LogP contribution < -0.4 is 10.6 Å². The van der Waals surface area contributed by atoms with Crippen molar-refractivity contribution in [3.8, 4) is 0 Å². The average Bonchev–Trinajstić information content (AvgIpc) is 3.02. The predicted molar refractivity (Wildman–Crippen MR) is 106 cm³/mol. The van der Waals surface area contributed by atoms with E-state index in [0.29, 0.717) is 5.92 Å². The van der Waals surface area contributed by atoms with E-state index in [1.807, 2.05) is 30.5 Å². The molecule has 4 nitrogen and oxygen atoms in total. The largest absolute Gasteiger partial charge is 0.376 e. The number of pyridine rings is 1.